The molecule has 1 aliphatic rings. The average Bonchev–Trinajstić information content (AvgIpc) is 3.34. The van der Waals surface area contributed by atoms with Crippen molar-refractivity contribution >= 4 is 44.5 Å². The summed E-state index contributed by atoms with van der Waals surface area (Å²) in [6.45, 7) is 1.29. The fourth-order valence-corrected chi connectivity index (χ4v) is 5.40. The lowest BCUT2D eigenvalue weighted by Crippen LogP contribution is -2.50. The van der Waals surface area contributed by atoms with Gasteiger partial charge in [-0.05, 0) is 42.0 Å². The number of ether oxygens (including phenoxy) is 1. The predicted octanol–water partition coefficient (Wildman–Crippen LogP) is 5.00. The van der Waals surface area contributed by atoms with E-state index in [0.717, 1.165) is 38.5 Å². The first-order chi connectivity index (χ1) is 13.1. The lowest BCUT2D eigenvalue weighted by molar-refractivity contribution is -0.123. The Morgan fingerprint density at radius 1 is 1.22 bits per heavy atom. The summed E-state index contributed by atoms with van der Waals surface area (Å²) < 4.78 is 6.56. The van der Waals surface area contributed by atoms with E-state index in [-0.39, 0.29) is 11.4 Å². The van der Waals surface area contributed by atoms with Crippen molar-refractivity contribution in [2.75, 3.05) is 13.2 Å². The molecule has 3 aromatic rings. The zero-order valence-corrected chi connectivity index (χ0v) is 17.8. The van der Waals surface area contributed by atoms with Crippen LogP contribution in [0.25, 0.3) is 9.88 Å². The van der Waals surface area contributed by atoms with Crippen LogP contribution in [0.15, 0.2) is 51.6 Å². The minimum absolute atomic E-state index is 0.0000879. The van der Waals surface area contributed by atoms with E-state index in [2.05, 4.69) is 44.4 Å². The zero-order valence-electron chi connectivity index (χ0n) is 14.6. The van der Waals surface area contributed by atoms with E-state index in [9.17, 15) is 4.79 Å². The second kappa shape index (κ2) is 8.22. The summed E-state index contributed by atoms with van der Waals surface area (Å²) in [4.78, 5) is 18.6. The van der Waals surface area contributed by atoms with E-state index < -0.39 is 0 Å². The third-order valence-electron chi connectivity index (χ3n) is 4.73. The molecule has 0 radical (unpaired) electrons. The van der Waals surface area contributed by atoms with E-state index in [1.807, 2.05) is 29.0 Å². The van der Waals surface area contributed by atoms with Crippen molar-refractivity contribution < 1.29 is 9.53 Å². The van der Waals surface area contributed by atoms with Gasteiger partial charge in [-0.25, -0.2) is 4.98 Å². The molecule has 4 nitrogen and oxygen atoms in total. The molecular formula is C20H19BrN2O2S2. The molecule has 0 saturated carbocycles. The Bertz CT molecular complexity index is 918. The molecule has 1 N–H and O–H groups in total. The van der Waals surface area contributed by atoms with Gasteiger partial charge in [-0.15, -0.1) is 22.7 Å². The normalized spacial score (nSPS) is 16.2. The first kappa shape index (κ1) is 18.8. The molecule has 1 aromatic carbocycles. The number of nitrogens with one attached hydrogen (secondary N) is 1. The van der Waals surface area contributed by atoms with Crippen LogP contribution in [0.4, 0.5) is 0 Å². The zero-order chi connectivity index (χ0) is 18.7. The smallest absolute Gasteiger partial charge is 0.226 e. The highest BCUT2D eigenvalue weighted by Crippen LogP contribution is 2.34. The van der Waals surface area contributed by atoms with Crippen LogP contribution >= 0.6 is 38.6 Å². The summed E-state index contributed by atoms with van der Waals surface area (Å²) in [5.41, 5.74) is 1.55. The molecule has 0 spiro atoms. The molecule has 140 valence electrons. The maximum Gasteiger partial charge on any atom is 0.226 e. The number of halogens is 1. The SMILES string of the molecule is O=C(Cc1csc(-c2cccs2)n1)NC1(c2cccc(Br)c2)CCOCC1. The molecule has 1 amide bonds. The third kappa shape index (κ3) is 4.32. The molecule has 1 saturated heterocycles. The van der Waals surface area contributed by atoms with Crippen molar-refractivity contribution in [2.45, 2.75) is 24.8 Å². The van der Waals surface area contributed by atoms with Crippen molar-refractivity contribution in [2.24, 2.45) is 0 Å². The molecule has 0 unspecified atom stereocenters. The predicted molar refractivity (Wildman–Crippen MR) is 113 cm³/mol. The van der Waals surface area contributed by atoms with Crippen molar-refractivity contribution in [1.82, 2.24) is 10.3 Å². The van der Waals surface area contributed by atoms with E-state index in [4.69, 9.17) is 4.74 Å². The van der Waals surface area contributed by atoms with Gasteiger partial charge >= 0.3 is 0 Å². The van der Waals surface area contributed by atoms with Gasteiger partial charge in [-0.3, -0.25) is 4.79 Å². The van der Waals surface area contributed by atoms with Crippen LogP contribution in [0.5, 0.6) is 0 Å². The van der Waals surface area contributed by atoms with Crippen LogP contribution in [0, 0.1) is 0 Å². The van der Waals surface area contributed by atoms with Gasteiger partial charge in [0, 0.05) is 23.1 Å². The molecule has 0 bridgehead atoms. The van der Waals surface area contributed by atoms with Gasteiger partial charge in [0.2, 0.25) is 5.91 Å². The number of carbonyl (C=O) groups is 1. The van der Waals surface area contributed by atoms with Gasteiger partial charge in [-0.1, -0.05) is 34.1 Å². The van der Waals surface area contributed by atoms with Gasteiger partial charge in [0.05, 0.1) is 22.5 Å². The van der Waals surface area contributed by atoms with Crippen molar-refractivity contribution in [3.05, 3.63) is 62.9 Å². The lowest BCUT2D eigenvalue weighted by Gasteiger charge is -2.38. The van der Waals surface area contributed by atoms with Crippen molar-refractivity contribution in [3.63, 3.8) is 0 Å². The second-order valence-electron chi connectivity index (χ2n) is 6.55. The number of hydrogen-bond acceptors (Lipinski definition) is 5. The molecule has 0 atom stereocenters. The Balaban J connectivity index is 1.51. The van der Waals surface area contributed by atoms with Gasteiger partial charge < -0.3 is 10.1 Å². The van der Waals surface area contributed by atoms with Crippen LogP contribution in [0.3, 0.4) is 0 Å². The molecule has 4 rings (SSSR count). The summed E-state index contributed by atoms with van der Waals surface area (Å²) in [6.07, 6.45) is 1.83. The molecule has 1 aliphatic heterocycles. The Hall–Kier alpha value is -1.54. The summed E-state index contributed by atoms with van der Waals surface area (Å²) in [5.74, 6) is -0.0000879. The largest absolute Gasteiger partial charge is 0.381 e. The quantitative estimate of drug-likeness (QED) is 0.580. The monoisotopic (exact) mass is 462 g/mol. The number of nitrogens with zero attached hydrogens (tertiary/aromatic N) is 1. The highest BCUT2D eigenvalue weighted by Gasteiger charge is 2.36. The maximum atomic E-state index is 12.8. The highest BCUT2D eigenvalue weighted by molar-refractivity contribution is 9.10. The molecular weight excluding hydrogens is 444 g/mol. The first-order valence-corrected chi connectivity index (χ1v) is 11.3. The van der Waals surface area contributed by atoms with Crippen LogP contribution in [0.1, 0.15) is 24.1 Å². The molecule has 3 heterocycles. The summed E-state index contributed by atoms with van der Waals surface area (Å²) in [7, 11) is 0. The van der Waals surface area contributed by atoms with Crippen LogP contribution in [-0.4, -0.2) is 24.1 Å². The van der Waals surface area contributed by atoms with Crippen LogP contribution < -0.4 is 5.32 Å². The Labute approximate surface area is 174 Å². The van der Waals surface area contributed by atoms with E-state index >= 15 is 0 Å². The standard InChI is InChI=1S/C20H19BrN2O2S2/c21-15-4-1-3-14(11-15)20(6-8-25-9-7-20)23-18(24)12-16-13-27-19(22-16)17-5-2-10-26-17/h1-5,10-11,13H,6-9,12H2,(H,23,24). The van der Waals surface area contributed by atoms with E-state index in [1.165, 1.54) is 0 Å². The van der Waals surface area contributed by atoms with Crippen LogP contribution in [-0.2, 0) is 21.5 Å². The molecule has 0 aliphatic carbocycles. The number of benzene rings is 1. The number of thiophene rings is 1. The minimum Gasteiger partial charge on any atom is -0.381 e. The maximum absolute atomic E-state index is 12.8. The number of aromatic nitrogens is 1. The Kier molecular flexibility index (Phi) is 5.73. The average molecular weight is 463 g/mol. The van der Waals surface area contributed by atoms with E-state index in [1.54, 1.807) is 22.7 Å². The Morgan fingerprint density at radius 2 is 2.07 bits per heavy atom. The third-order valence-corrected chi connectivity index (χ3v) is 7.15. The molecule has 1 fully saturated rings. The minimum atomic E-state index is -0.383. The topological polar surface area (TPSA) is 51.2 Å². The fourth-order valence-electron chi connectivity index (χ4n) is 3.37. The fraction of sp³-hybridized carbons (Fsp3) is 0.300. The molecule has 2 aromatic heterocycles. The van der Waals surface area contributed by atoms with Crippen LogP contribution in [0.2, 0.25) is 0 Å². The van der Waals surface area contributed by atoms with E-state index in [0.29, 0.717) is 19.6 Å². The van der Waals surface area contributed by atoms with Crippen molar-refractivity contribution in [1.29, 1.82) is 0 Å². The summed E-state index contributed by atoms with van der Waals surface area (Å²) >= 11 is 6.79. The van der Waals surface area contributed by atoms with Gasteiger partial charge in [0.15, 0.2) is 0 Å². The van der Waals surface area contributed by atoms with Gasteiger partial charge in [-0.2, -0.15) is 0 Å². The highest BCUT2D eigenvalue weighted by atomic mass is 79.9. The number of rotatable bonds is 5. The number of hydrogen-bond donors (Lipinski definition) is 1. The molecule has 27 heavy (non-hydrogen) atoms. The summed E-state index contributed by atoms with van der Waals surface area (Å²) in [5, 5.41) is 8.28. The number of thiazole rings is 1. The van der Waals surface area contributed by atoms with Crippen molar-refractivity contribution in [3.8, 4) is 9.88 Å². The molecule has 7 heteroatoms. The first-order valence-electron chi connectivity index (χ1n) is 8.78. The summed E-state index contributed by atoms with van der Waals surface area (Å²) in [6, 6.07) is 12.2. The van der Waals surface area contributed by atoms with Gasteiger partial charge in [0.1, 0.15) is 5.01 Å². The second-order valence-corrected chi connectivity index (χ2v) is 9.27. The number of carbonyl (C=O) groups excluding carboxylic acids is 1. The van der Waals surface area contributed by atoms with Gasteiger partial charge in [0.25, 0.3) is 0 Å². The lowest BCUT2D eigenvalue weighted by atomic mass is 9.82. The number of amides is 1. The Morgan fingerprint density at radius 3 is 2.81 bits per heavy atom.